The number of guanidine groups is 1. The van der Waals surface area contributed by atoms with Gasteiger partial charge in [-0.05, 0) is 61.2 Å². The first-order chi connectivity index (χ1) is 14.0. The summed E-state index contributed by atoms with van der Waals surface area (Å²) in [5.41, 5.74) is 4.87. The van der Waals surface area contributed by atoms with E-state index >= 15 is 0 Å². The molecule has 2 aromatic rings. The van der Waals surface area contributed by atoms with E-state index in [0.717, 1.165) is 37.0 Å². The molecule has 6 heteroatoms. The molecule has 158 valence electrons. The van der Waals surface area contributed by atoms with E-state index in [1.165, 1.54) is 22.4 Å². The van der Waals surface area contributed by atoms with E-state index in [1.54, 1.807) is 14.2 Å². The van der Waals surface area contributed by atoms with Gasteiger partial charge in [0, 0.05) is 32.9 Å². The summed E-state index contributed by atoms with van der Waals surface area (Å²) in [5.74, 6) is 2.32. The van der Waals surface area contributed by atoms with Crippen LogP contribution in [-0.2, 0) is 13.0 Å². The number of aliphatic imine (C=N–C) groups is 1. The van der Waals surface area contributed by atoms with Crippen molar-refractivity contribution in [1.82, 2.24) is 10.6 Å². The maximum Gasteiger partial charge on any atom is 0.191 e. The van der Waals surface area contributed by atoms with Crippen molar-refractivity contribution in [3.8, 4) is 11.5 Å². The van der Waals surface area contributed by atoms with E-state index in [-0.39, 0.29) is 0 Å². The molecule has 2 aromatic carbocycles. The summed E-state index contributed by atoms with van der Waals surface area (Å²) in [6.07, 6.45) is 0.862. The van der Waals surface area contributed by atoms with Crippen molar-refractivity contribution in [3.05, 3.63) is 53.1 Å². The average molecular weight is 399 g/mol. The number of nitrogens with one attached hydrogen (secondary N) is 2. The average Bonchev–Trinajstić information content (AvgIpc) is 2.72. The van der Waals surface area contributed by atoms with Crippen LogP contribution in [0.25, 0.3) is 0 Å². The fourth-order valence-corrected chi connectivity index (χ4v) is 3.00. The van der Waals surface area contributed by atoms with Crippen LogP contribution in [0.1, 0.15) is 23.6 Å². The maximum atomic E-state index is 5.38. The van der Waals surface area contributed by atoms with Crippen molar-refractivity contribution in [2.24, 2.45) is 4.99 Å². The summed E-state index contributed by atoms with van der Waals surface area (Å²) in [6, 6.07) is 12.5. The quantitative estimate of drug-likeness (QED) is 0.501. The second-order valence-electron chi connectivity index (χ2n) is 7.07. The number of hydrogen-bond donors (Lipinski definition) is 2. The van der Waals surface area contributed by atoms with E-state index in [0.29, 0.717) is 6.54 Å². The third kappa shape index (κ3) is 6.59. The van der Waals surface area contributed by atoms with Crippen LogP contribution in [0.15, 0.2) is 41.4 Å². The Hall–Kier alpha value is -2.89. The number of ether oxygens (including phenoxy) is 2. The first kappa shape index (κ1) is 22.4. The molecule has 6 nitrogen and oxygen atoms in total. The highest BCUT2D eigenvalue weighted by atomic mass is 16.5. The topological polar surface area (TPSA) is 58.1 Å². The van der Waals surface area contributed by atoms with Gasteiger partial charge in [0.2, 0.25) is 0 Å². The Balaban J connectivity index is 1.97. The number of nitrogens with zero attached hydrogens (tertiary/aromatic N) is 2. The van der Waals surface area contributed by atoms with Gasteiger partial charge in [0.15, 0.2) is 17.5 Å². The van der Waals surface area contributed by atoms with Crippen molar-refractivity contribution >= 4 is 11.6 Å². The highest BCUT2D eigenvalue weighted by Crippen LogP contribution is 2.27. The maximum absolute atomic E-state index is 5.38. The predicted molar refractivity (Wildman–Crippen MR) is 122 cm³/mol. The van der Waals surface area contributed by atoms with Crippen LogP contribution >= 0.6 is 0 Å². The first-order valence-corrected chi connectivity index (χ1v) is 9.98. The Morgan fingerprint density at radius 3 is 2.38 bits per heavy atom. The third-order valence-electron chi connectivity index (χ3n) is 4.75. The smallest absolute Gasteiger partial charge is 0.191 e. The molecule has 0 amide bonds. The van der Waals surface area contributed by atoms with Gasteiger partial charge in [0.05, 0.1) is 20.8 Å². The van der Waals surface area contributed by atoms with Gasteiger partial charge in [-0.1, -0.05) is 12.1 Å². The zero-order chi connectivity index (χ0) is 21.2. The molecule has 0 bridgehead atoms. The first-order valence-electron chi connectivity index (χ1n) is 9.98. The number of hydrogen-bond acceptors (Lipinski definition) is 4. The molecule has 0 saturated carbocycles. The summed E-state index contributed by atoms with van der Waals surface area (Å²) in [7, 11) is 7.41. The molecule has 0 atom stereocenters. The van der Waals surface area contributed by atoms with Gasteiger partial charge in [-0.15, -0.1) is 0 Å². The minimum absolute atomic E-state index is 0.644. The Bertz CT molecular complexity index is 819. The molecule has 0 heterocycles. The normalized spacial score (nSPS) is 11.2. The molecule has 0 radical (unpaired) electrons. The minimum Gasteiger partial charge on any atom is -0.493 e. The Labute approximate surface area is 174 Å². The number of anilines is 1. The van der Waals surface area contributed by atoms with Gasteiger partial charge in [0.25, 0.3) is 0 Å². The Morgan fingerprint density at radius 1 is 1.00 bits per heavy atom. The lowest BCUT2D eigenvalue weighted by Crippen LogP contribution is -2.38. The lowest BCUT2D eigenvalue weighted by molar-refractivity contribution is 0.354. The summed E-state index contributed by atoms with van der Waals surface area (Å²) in [6.45, 7) is 6.45. The summed E-state index contributed by atoms with van der Waals surface area (Å²) in [5, 5.41) is 6.73. The van der Waals surface area contributed by atoms with Crippen LogP contribution in [0.3, 0.4) is 0 Å². The highest BCUT2D eigenvalue weighted by molar-refractivity contribution is 5.79. The van der Waals surface area contributed by atoms with E-state index in [9.17, 15) is 0 Å². The number of methoxy groups -OCH3 is 2. The van der Waals surface area contributed by atoms with Gasteiger partial charge in [-0.25, -0.2) is 4.99 Å². The van der Waals surface area contributed by atoms with Gasteiger partial charge in [0.1, 0.15) is 0 Å². The van der Waals surface area contributed by atoms with Gasteiger partial charge in [-0.3, -0.25) is 0 Å². The van der Waals surface area contributed by atoms with Crippen LogP contribution < -0.4 is 25.0 Å². The molecule has 0 saturated heterocycles. The van der Waals surface area contributed by atoms with Crippen LogP contribution in [0, 0.1) is 6.92 Å². The third-order valence-corrected chi connectivity index (χ3v) is 4.75. The molecule has 0 aliphatic carbocycles. The van der Waals surface area contributed by atoms with Crippen LogP contribution in [0.4, 0.5) is 5.69 Å². The predicted octanol–water partition coefficient (Wildman–Crippen LogP) is 3.38. The molecule has 0 aliphatic rings. The monoisotopic (exact) mass is 398 g/mol. The van der Waals surface area contributed by atoms with E-state index < -0.39 is 0 Å². The fourth-order valence-electron chi connectivity index (χ4n) is 3.00. The molecule has 0 aromatic heterocycles. The van der Waals surface area contributed by atoms with Crippen molar-refractivity contribution in [2.75, 3.05) is 46.3 Å². The van der Waals surface area contributed by atoms with Gasteiger partial charge < -0.3 is 25.0 Å². The molecular formula is C23H34N4O2. The molecule has 0 unspecified atom stereocenters. The molecule has 0 fully saturated rings. The molecular weight excluding hydrogens is 364 g/mol. The standard InChI is InChI=1S/C23H34N4O2/c1-7-24-23(26-16-19-9-10-20(27(3)4)14-17(19)2)25-13-12-18-8-11-21(28-5)22(15-18)29-6/h8-11,14-15H,7,12-13,16H2,1-6H3,(H2,24,25,26). The second-order valence-corrected chi connectivity index (χ2v) is 7.07. The van der Waals surface area contributed by atoms with Crippen LogP contribution in [0.2, 0.25) is 0 Å². The lowest BCUT2D eigenvalue weighted by Gasteiger charge is -2.15. The van der Waals surface area contributed by atoms with Gasteiger partial charge >= 0.3 is 0 Å². The van der Waals surface area contributed by atoms with Gasteiger partial charge in [-0.2, -0.15) is 0 Å². The molecule has 0 aliphatic heterocycles. The zero-order valence-corrected chi connectivity index (χ0v) is 18.5. The van der Waals surface area contributed by atoms with Crippen molar-refractivity contribution < 1.29 is 9.47 Å². The van der Waals surface area contributed by atoms with Crippen molar-refractivity contribution in [2.45, 2.75) is 26.8 Å². The number of aryl methyl sites for hydroxylation is 1. The summed E-state index contributed by atoms with van der Waals surface area (Å²) >= 11 is 0. The van der Waals surface area contributed by atoms with Crippen molar-refractivity contribution in [3.63, 3.8) is 0 Å². The van der Waals surface area contributed by atoms with E-state index in [4.69, 9.17) is 14.5 Å². The lowest BCUT2D eigenvalue weighted by atomic mass is 10.1. The van der Waals surface area contributed by atoms with Crippen molar-refractivity contribution in [1.29, 1.82) is 0 Å². The largest absolute Gasteiger partial charge is 0.493 e. The van der Waals surface area contributed by atoms with E-state index in [2.05, 4.69) is 67.7 Å². The Morgan fingerprint density at radius 2 is 1.76 bits per heavy atom. The van der Waals surface area contributed by atoms with Crippen LogP contribution in [0.5, 0.6) is 11.5 Å². The summed E-state index contributed by atoms with van der Waals surface area (Å²) in [4.78, 5) is 6.86. The SMILES string of the molecule is CCNC(=NCc1ccc(N(C)C)cc1C)NCCc1ccc(OC)c(OC)c1. The minimum atomic E-state index is 0.644. The highest BCUT2D eigenvalue weighted by Gasteiger charge is 2.06. The number of benzene rings is 2. The summed E-state index contributed by atoms with van der Waals surface area (Å²) < 4.78 is 10.7. The molecule has 2 rings (SSSR count). The number of rotatable bonds is 9. The molecule has 2 N–H and O–H groups in total. The second kappa shape index (κ2) is 11.2. The molecule has 29 heavy (non-hydrogen) atoms. The fraction of sp³-hybridized carbons (Fsp3) is 0.435. The zero-order valence-electron chi connectivity index (χ0n) is 18.5. The Kier molecular flexibility index (Phi) is 8.65. The van der Waals surface area contributed by atoms with E-state index in [1.807, 2.05) is 12.1 Å². The molecule has 0 spiro atoms. The van der Waals surface area contributed by atoms with Crippen LogP contribution in [-0.4, -0.2) is 47.4 Å².